The van der Waals surface area contributed by atoms with E-state index < -0.39 is 5.56 Å². The van der Waals surface area contributed by atoms with E-state index in [0.717, 1.165) is 12.8 Å². The number of amides is 1. The average Bonchev–Trinajstić information content (AvgIpc) is 3.19. The zero-order valence-electron chi connectivity index (χ0n) is 14.0. The fourth-order valence-corrected chi connectivity index (χ4v) is 4.00. The van der Waals surface area contributed by atoms with Gasteiger partial charge in [-0.1, -0.05) is 18.2 Å². The minimum atomic E-state index is -0.419. The standard InChI is InChI=1S/C20H18N2O3S/c23-18(15-8-9-16(22-19(15)24)17-7-4-12-25-17)21-13-20(10-11-20)26-14-5-2-1-3-6-14/h1-9,12H,10-11,13H2,(H,21,23)(H,22,24). The highest BCUT2D eigenvalue weighted by Crippen LogP contribution is 2.51. The third kappa shape index (κ3) is 3.60. The lowest BCUT2D eigenvalue weighted by atomic mass is 10.2. The Morgan fingerprint density at radius 1 is 1.12 bits per heavy atom. The number of nitrogens with one attached hydrogen (secondary N) is 2. The van der Waals surface area contributed by atoms with Crippen LogP contribution in [-0.4, -0.2) is 22.2 Å². The molecule has 0 saturated heterocycles. The molecular weight excluding hydrogens is 348 g/mol. The van der Waals surface area contributed by atoms with Crippen LogP contribution in [0.25, 0.3) is 11.5 Å². The maximum absolute atomic E-state index is 12.4. The van der Waals surface area contributed by atoms with Crippen LogP contribution < -0.4 is 10.9 Å². The fraction of sp³-hybridized carbons (Fsp3) is 0.200. The number of aromatic nitrogens is 1. The van der Waals surface area contributed by atoms with Gasteiger partial charge in [0.15, 0.2) is 0 Å². The molecule has 1 amide bonds. The zero-order chi connectivity index (χ0) is 18.0. The van der Waals surface area contributed by atoms with Crippen molar-refractivity contribution >= 4 is 17.7 Å². The van der Waals surface area contributed by atoms with Crippen LogP contribution in [0.3, 0.4) is 0 Å². The average molecular weight is 366 g/mol. The van der Waals surface area contributed by atoms with Crippen LogP contribution in [0.4, 0.5) is 0 Å². The van der Waals surface area contributed by atoms with Crippen LogP contribution >= 0.6 is 11.8 Å². The van der Waals surface area contributed by atoms with Crippen molar-refractivity contribution in [1.29, 1.82) is 0 Å². The molecule has 0 unspecified atom stereocenters. The third-order valence-corrected chi connectivity index (χ3v) is 5.89. The molecule has 1 saturated carbocycles. The number of H-pyrrole nitrogens is 1. The summed E-state index contributed by atoms with van der Waals surface area (Å²) < 4.78 is 5.30. The van der Waals surface area contributed by atoms with Gasteiger partial charge in [0, 0.05) is 16.2 Å². The van der Waals surface area contributed by atoms with Gasteiger partial charge < -0.3 is 14.7 Å². The van der Waals surface area contributed by atoms with Crippen LogP contribution in [-0.2, 0) is 0 Å². The monoisotopic (exact) mass is 366 g/mol. The lowest BCUT2D eigenvalue weighted by Gasteiger charge is -2.15. The van der Waals surface area contributed by atoms with Gasteiger partial charge in [0.1, 0.15) is 11.3 Å². The number of aromatic amines is 1. The number of carbonyl (C=O) groups is 1. The Balaban J connectivity index is 1.42. The van der Waals surface area contributed by atoms with Crippen molar-refractivity contribution in [1.82, 2.24) is 10.3 Å². The summed E-state index contributed by atoms with van der Waals surface area (Å²) in [7, 11) is 0. The minimum Gasteiger partial charge on any atom is -0.463 e. The van der Waals surface area contributed by atoms with E-state index in [-0.39, 0.29) is 16.2 Å². The summed E-state index contributed by atoms with van der Waals surface area (Å²) in [5.74, 6) is 0.211. The number of benzene rings is 1. The Hall–Kier alpha value is -2.73. The molecule has 132 valence electrons. The van der Waals surface area contributed by atoms with Crippen molar-refractivity contribution in [2.45, 2.75) is 22.5 Å². The van der Waals surface area contributed by atoms with E-state index in [4.69, 9.17) is 4.42 Å². The molecule has 2 N–H and O–H groups in total. The molecule has 1 fully saturated rings. The molecule has 0 aliphatic heterocycles. The van der Waals surface area contributed by atoms with Gasteiger partial charge in [0.05, 0.1) is 12.0 Å². The van der Waals surface area contributed by atoms with Gasteiger partial charge >= 0.3 is 0 Å². The van der Waals surface area contributed by atoms with Gasteiger partial charge in [-0.2, -0.15) is 0 Å². The highest BCUT2D eigenvalue weighted by molar-refractivity contribution is 8.01. The van der Waals surface area contributed by atoms with Crippen LogP contribution in [0.1, 0.15) is 23.2 Å². The summed E-state index contributed by atoms with van der Waals surface area (Å²) >= 11 is 1.79. The first-order valence-corrected chi connectivity index (χ1v) is 9.26. The molecule has 2 aromatic heterocycles. The van der Waals surface area contributed by atoms with E-state index >= 15 is 0 Å². The molecule has 1 aliphatic rings. The summed E-state index contributed by atoms with van der Waals surface area (Å²) in [6, 6.07) is 16.9. The zero-order valence-corrected chi connectivity index (χ0v) is 14.8. The highest BCUT2D eigenvalue weighted by Gasteiger charge is 2.44. The number of pyridine rings is 1. The second kappa shape index (κ2) is 6.88. The van der Waals surface area contributed by atoms with Gasteiger partial charge in [-0.25, -0.2) is 0 Å². The summed E-state index contributed by atoms with van der Waals surface area (Å²) in [5.41, 5.74) is 0.243. The maximum Gasteiger partial charge on any atom is 0.261 e. The van der Waals surface area contributed by atoms with Gasteiger partial charge in [0.2, 0.25) is 0 Å². The molecule has 2 heterocycles. The molecule has 0 radical (unpaired) electrons. The number of carbonyl (C=O) groups excluding carboxylic acids is 1. The van der Waals surface area contributed by atoms with E-state index in [2.05, 4.69) is 22.4 Å². The molecule has 0 spiro atoms. The SMILES string of the molecule is O=C(NCC1(Sc2ccccc2)CC1)c1ccc(-c2ccco2)[nH]c1=O. The molecule has 0 bridgehead atoms. The van der Waals surface area contributed by atoms with Crippen LogP contribution in [0.5, 0.6) is 0 Å². The van der Waals surface area contributed by atoms with Gasteiger partial charge in [0.25, 0.3) is 11.5 Å². The Labute approximate surface area is 154 Å². The molecule has 1 aromatic carbocycles. The number of rotatable bonds is 6. The summed E-state index contributed by atoms with van der Waals surface area (Å²) in [6.45, 7) is 0.546. The minimum absolute atomic E-state index is 0.0396. The lowest BCUT2D eigenvalue weighted by molar-refractivity contribution is 0.0951. The summed E-state index contributed by atoms with van der Waals surface area (Å²) in [4.78, 5) is 28.6. The van der Waals surface area contributed by atoms with E-state index in [1.54, 1.807) is 30.0 Å². The number of hydrogen-bond donors (Lipinski definition) is 2. The Morgan fingerprint density at radius 2 is 1.92 bits per heavy atom. The second-order valence-corrected chi connectivity index (χ2v) is 7.91. The largest absolute Gasteiger partial charge is 0.463 e. The van der Waals surface area contributed by atoms with Crippen molar-refractivity contribution in [2.75, 3.05) is 6.54 Å². The van der Waals surface area contributed by atoms with Crippen molar-refractivity contribution in [3.05, 3.63) is 76.8 Å². The van der Waals surface area contributed by atoms with Crippen molar-refractivity contribution < 1.29 is 9.21 Å². The Bertz CT molecular complexity index is 960. The van der Waals surface area contributed by atoms with Crippen LogP contribution in [0.2, 0.25) is 0 Å². The first-order chi connectivity index (χ1) is 12.7. The van der Waals surface area contributed by atoms with Gasteiger partial charge in [-0.3, -0.25) is 9.59 Å². The molecule has 6 heteroatoms. The maximum atomic E-state index is 12.4. The predicted octanol–water partition coefficient (Wildman–Crippen LogP) is 3.69. The summed E-state index contributed by atoms with van der Waals surface area (Å²) in [6.07, 6.45) is 3.65. The lowest BCUT2D eigenvalue weighted by Crippen LogP contribution is -2.35. The van der Waals surface area contributed by atoms with E-state index in [1.807, 2.05) is 18.2 Å². The first kappa shape index (κ1) is 16.7. The second-order valence-electron chi connectivity index (χ2n) is 6.37. The van der Waals surface area contributed by atoms with Gasteiger partial charge in [-0.05, 0) is 49.2 Å². The number of thioether (sulfide) groups is 1. The third-order valence-electron chi connectivity index (χ3n) is 4.40. The molecular formula is C20H18N2O3S. The normalized spacial score (nSPS) is 14.8. The Kier molecular flexibility index (Phi) is 4.42. The first-order valence-electron chi connectivity index (χ1n) is 8.45. The molecule has 26 heavy (non-hydrogen) atoms. The fourth-order valence-electron chi connectivity index (χ4n) is 2.76. The Morgan fingerprint density at radius 3 is 2.58 bits per heavy atom. The van der Waals surface area contributed by atoms with E-state index in [9.17, 15) is 9.59 Å². The molecule has 3 aromatic rings. The molecule has 0 atom stereocenters. The van der Waals surface area contributed by atoms with E-state index in [0.29, 0.717) is 18.0 Å². The van der Waals surface area contributed by atoms with Gasteiger partial charge in [-0.15, -0.1) is 11.8 Å². The quantitative estimate of drug-likeness (QED) is 0.698. The number of hydrogen-bond acceptors (Lipinski definition) is 4. The molecule has 4 rings (SSSR count). The molecule has 5 nitrogen and oxygen atoms in total. The molecule has 1 aliphatic carbocycles. The van der Waals surface area contributed by atoms with Crippen molar-refractivity contribution in [3.8, 4) is 11.5 Å². The topological polar surface area (TPSA) is 75.1 Å². The smallest absolute Gasteiger partial charge is 0.261 e. The van der Waals surface area contributed by atoms with Crippen LogP contribution in [0, 0.1) is 0 Å². The van der Waals surface area contributed by atoms with Crippen molar-refractivity contribution in [2.24, 2.45) is 0 Å². The van der Waals surface area contributed by atoms with Crippen LogP contribution in [0.15, 0.2) is 75.0 Å². The van der Waals surface area contributed by atoms with E-state index in [1.165, 1.54) is 17.2 Å². The highest BCUT2D eigenvalue weighted by atomic mass is 32.2. The van der Waals surface area contributed by atoms with Crippen molar-refractivity contribution in [3.63, 3.8) is 0 Å². The number of furan rings is 1. The summed E-state index contributed by atoms with van der Waals surface area (Å²) in [5, 5.41) is 2.91. The predicted molar refractivity (Wildman–Crippen MR) is 101 cm³/mol.